The first-order valence-electron chi connectivity index (χ1n) is 12.0. The molecule has 0 aromatic rings. The van der Waals surface area contributed by atoms with Crippen LogP contribution >= 0.6 is 0 Å². The summed E-state index contributed by atoms with van der Waals surface area (Å²) >= 11 is 0. The van der Waals surface area contributed by atoms with Gasteiger partial charge in [-0.05, 0) is 101 Å². The lowest BCUT2D eigenvalue weighted by Gasteiger charge is -2.42. The third kappa shape index (κ3) is 9.69. The molecular weight excluding hydrogens is 489 g/mol. The Hall–Kier alpha value is 1.36. The Morgan fingerprint density at radius 2 is 1.37 bits per heavy atom. The highest BCUT2D eigenvalue weighted by Gasteiger charge is 2.45. The molecule has 1 saturated carbocycles. The zero-order valence-corrected chi connectivity index (χ0v) is 30.8. The van der Waals surface area contributed by atoms with Crippen LogP contribution in [0, 0.1) is 5.92 Å². The Morgan fingerprint density at radius 3 is 1.93 bits per heavy atom. The van der Waals surface area contributed by atoms with Gasteiger partial charge >= 0.3 is 0 Å². The van der Waals surface area contributed by atoms with Crippen molar-refractivity contribution in [2.75, 3.05) is 0 Å². The summed E-state index contributed by atoms with van der Waals surface area (Å²) in [6, 6.07) is 1.31. The van der Waals surface area contributed by atoms with Crippen molar-refractivity contribution in [1.82, 2.24) is 0 Å². The van der Waals surface area contributed by atoms with Gasteiger partial charge in [-0.15, -0.1) is 0 Å². The highest BCUT2D eigenvalue weighted by Crippen LogP contribution is 2.42. The SMILES string of the molecule is C[Si](C)(C[Si](C)(C)O[Si](C)([SiH3])C[Si](C)(C)O[Si](C)(C)CCC1CCC2OC2C1)O[SiH3]. The molecule has 2 fully saturated rings. The molecule has 2 rings (SSSR count). The zero-order chi connectivity index (χ0) is 23.0. The minimum absolute atomic E-state index is 0.607. The molecule has 2 aliphatic rings. The average molecular weight is 539 g/mol. The molecule has 0 bridgehead atoms. The minimum Gasteiger partial charge on any atom is -0.464 e. The Bertz CT molecular complexity index is 583. The van der Waals surface area contributed by atoms with Crippen LogP contribution in [0.1, 0.15) is 25.7 Å². The molecule has 0 N–H and O–H groups in total. The van der Waals surface area contributed by atoms with E-state index in [1.54, 1.807) is 0 Å². The van der Waals surface area contributed by atoms with Crippen LogP contribution in [0.2, 0.25) is 76.3 Å². The van der Waals surface area contributed by atoms with Gasteiger partial charge in [0.15, 0.2) is 41.1 Å². The molecule has 0 amide bonds. The molecule has 0 radical (unpaired) electrons. The molecule has 0 aromatic heterocycles. The van der Waals surface area contributed by atoms with Gasteiger partial charge < -0.3 is 17.1 Å². The van der Waals surface area contributed by atoms with Crippen molar-refractivity contribution in [2.24, 2.45) is 5.92 Å². The van der Waals surface area contributed by atoms with Crippen molar-refractivity contribution in [3.05, 3.63) is 0 Å². The van der Waals surface area contributed by atoms with Crippen molar-refractivity contribution in [3.63, 3.8) is 0 Å². The van der Waals surface area contributed by atoms with Crippen molar-refractivity contribution in [2.45, 2.75) is 114 Å². The smallest absolute Gasteiger partial charge is 0.173 e. The summed E-state index contributed by atoms with van der Waals surface area (Å²) in [5.74, 6) is 0.874. The van der Waals surface area contributed by atoms with E-state index in [0.717, 1.165) is 16.4 Å². The van der Waals surface area contributed by atoms with E-state index in [-0.39, 0.29) is 0 Å². The first-order valence-corrected chi connectivity index (χ1v) is 31.4. The Kier molecular flexibility index (Phi) is 9.13. The maximum Gasteiger partial charge on any atom is 0.173 e. The molecule has 178 valence electrons. The second kappa shape index (κ2) is 9.92. The molecule has 1 saturated heterocycles. The van der Waals surface area contributed by atoms with E-state index in [0.29, 0.717) is 12.2 Å². The predicted octanol–water partition coefficient (Wildman–Crippen LogP) is 3.61. The molecule has 1 aliphatic heterocycles. The quantitative estimate of drug-likeness (QED) is 0.281. The minimum atomic E-state index is -1.72. The van der Waals surface area contributed by atoms with E-state index in [4.69, 9.17) is 17.1 Å². The van der Waals surface area contributed by atoms with Gasteiger partial charge in [0.05, 0.1) is 12.2 Å². The molecular formula is C19H50O4Si7. The lowest BCUT2D eigenvalue weighted by atomic mass is 9.88. The summed E-state index contributed by atoms with van der Waals surface area (Å²) in [4.78, 5) is 0. The van der Waals surface area contributed by atoms with Crippen LogP contribution in [0.3, 0.4) is 0 Å². The Labute approximate surface area is 198 Å². The molecule has 4 unspecified atom stereocenters. The van der Waals surface area contributed by atoms with E-state index >= 15 is 0 Å². The zero-order valence-electron chi connectivity index (χ0n) is 21.8. The fourth-order valence-electron chi connectivity index (χ4n) is 6.08. The van der Waals surface area contributed by atoms with E-state index in [1.165, 1.54) is 52.8 Å². The van der Waals surface area contributed by atoms with Crippen molar-refractivity contribution in [3.8, 4) is 0 Å². The maximum atomic E-state index is 7.05. The summed E-state index contributed by atoms with van der Waals surface area (Å²) in [6.45, 7) is 21.9. The standard InChI is InChI=1S/C19H50O4Si7/c1-26(2,13-12-17-10-11-18-19(14-17)20-18)22-29(7,8)16-30(9,25)23-28(5,6)15-27(3,4)21-24/h17-19H,10-16H2,1-9,24-25H3. The van der Waals surface area contributed by atoms with Crippen molar-refractivity contribution in [1.29, 1.82) is 0 Å². The summed E-state index contributed by atoms with van der Waals surface area (Å²) in [7, 11) is -6.11. The Morgan fingerprint density at radius 1 is 0.767 bits per heavy atom. The van der Waals surface area contributed by atoms with Gasteiger partial charge in [0.25, 0.3) is 0 Å². The molecule has 4 nitrogen and oxygen atoms in total. The molecule has 11 heteroatoms. The number of epoxide rings is 1. The largest absolute Gasteiger partial charge is 0.464 e. The first-order chi connectivity index (χ1) is 13.4. The van der Waals surface area contributed by atoms with Gasteiger partial charge in [0, 0.05) is 9.76 Å². The van der Waals surface area contributed by atoms with Gasteiger partial charge in [0.1, 0.15) is 10.5 Å². The number of rotatable bonds is 12. The summed E-state index contributed by atoms with van der Waals surface area (Å²) in [5, 5.41) is 0. The van der Waals surface area contributed by atoms with Gasteiger partial charge in [0.2, 0.25) is 0 Å². The lowest BCUT2D eigenvalue weighted by molar-refractivity contribution is 0.355. The van der Waals surface area contributed by atoms with Gasteiger partial charge in [-0.1, -0.05) is 6.42 Å². The van der Waals surface area contributed by atoms with Crippen LogP contribution in [-0.4, -0.2) is 73.6 Å². The van der Waals surface area contributed by atoms with Gasteiger partial charge in [-0.2, -0.15) is 0 Å². The van der Waals surface area contributed by atoms with Crippen LogP contribution in [-0.2, 0) is 17.1 Å². The normalized spacial score (nSPS) is 27.7. The van der Waals surface area contributed by atoms with Crippen LogP contribution in [0.25, 0.3) is 0 Å². The highest BCUT2D eigenvalue weighted by atomic mass is 29.2. The number of hydrogen-bond acceptors (Lipinski definition) is 4. The molecule has 0 aromatic carbocycles. The Balaban J connectivity index is 1.86. The van der Waals surface area contributed by atoms with Gasteiger partial charge in [-0.25, -0.2) is 0 Å². The molecule has 1 heterocycles. The van der Waals surface area contributed by atoms with Crippen LogP contribution in [0.5, 0.6) is 0 Å². The molecule has 1 aliphatic carbocycles. The van der Waals surface area contributed by atoms with E-state index in [1.807, 2.05) is 0 Å². The van der Waals surface area contributed by atoms with Crippen LogP contribution < -0.4 is 0 Å². The third-order valence-corrected chi connectivity index (χ3v) is 40.0. The number of hydrogen-bond donors (Lipinski definition) is 0. The summed E-state index contributed by atoms with van der Waals surface area (Å²) in [6.07, 6.45) is 6.55. The van der Waals surface area contributed by atoms with E-state index < -0.39 is 41.1 Å². The number of fused-ring (bicyclic) bond motifs is 1. The fraction of sp³-hybridized carbons (Fsp3) is 1.00. The monoisotopic (exact) mass is 538 g/mol. The average Bonchev–Trinajstić information content (AvgIpc) is 3.26. The van der Waals surface area contributed by atoms with Gasteiger partial charge in [-0.3, -0.25) is 0 Å². The number of ether oxygens (including phenoxy) is 1. The van der Waals surface area contributed by atoms with Crippen molar-refractivity contribution < 1.29 is 17.1 Å². The van der Waals surface area contributed by atoms with E-state index in [9.17, 15) is 0 Å². The topological polar surface area (TPSA) is 40.2 Å². The molecule has 30 heavy (non-hydrogen) atoms. The highest BCUT2D eigenvalue weighted by molar-refractivity contribution is 7.20. The lowest BCUT2D eigenvalue weighted by Crippen LogP contribution is -2.56. The molecule has 0 spiro atoms. The summed E-state index contributed by atoms with van der Waals surface area (Å²) in [5.41, 5.74) is 2.49. The van der Waals surface area contributed by atoms with Crippen LogP contribution in [0.4, 0.5) is 0 Å². The van der Waals surface area contributed by atoms with Crippen LogP contribution in [0.15, 0.2) is 0 Å². The predicted molar refractivity (Wildman–Crippen MR) is 150 cm³/mol. The maximum absolute atomic E-state index is 7.05. The molecule has 4 atom stereocenters. The second-order valence-electron chi connectivity index (χ2n) is 13.0. The second-order valence-corrected chi connectivity index (χ2v) is 43.5. The summed E-state index contributed by atoms with van der Waals surface area (Å²) < 4.78 is 25.8. The van der Waals surface area contributed by atoms with Crippen molar-refractivity contribution >= 4 is 61.4 Å². The van der Waals surface area contributed by atoms with E-state index in [2.05, 4.69) is 58.9 Å². The fourth-order valence-corrected chi connectivity index (χ4v) is 53.3. The third-order valence-electron chi connectivity index (χ3n) is 6.63. The first kappa shape index (κ1) is 27.6.